The minimum atomic E-state index is -5.08. The summed E-state index contributed by atoms with van der Waals surface area (Å²) in [7, 11) is 0. The van der Waals surface area contributed by atoms with Gasteiger partial charge in [0.15, 0.2) is 5.96 Å². The fourth-order valence-corrected chi connectivity index (χ4v) is 4.48. The number of nitrogens with one attached hydrogen (secondary N) is 5. The highest BCUT2D eigenvalue weighted by Crippen LogP contribution is 2.28. The molecule has 0 fully saturated rings. The number of carboxylic acids is 2. The Balaban J connectivity index is 0.000000755. The number of rotatable bonds is 11. The Morgan fingerprint density at radius 2 is 1.84 bits per heavy atom. The normalized spacial score (nSPS) is 14.7. The van der Waals surface area contributed by atoms with Crippen molar-refractivity contribution in [2.45, 2.75) is 31.4 Å². The molecule has 4 aromatic rings. The van der Waals surface area contributed by atoms with Crippen molar-refractivity contribution in [3.63, 3.8) is 0 Å². The molecule has 0 aliphatic carbocycles. The summed E-state index contributed by atoms with van der Waals surface area (Å²) in [6.07, 6.45) is -2.24. The predicted molar refractivity (Wildman–Crippen MR) is 164 cm³/mol. The summed E-state index contributed by atoms with van der Waals surface area (Å²) < 4.78 is 77.1. The average Bonchev–Trinajstić information content (AvgIpc) is 3.77. The number of fused-ring (bicyclic) bond motifs is 1. The number of hydrogen-bond acceptors (Lipinski definition) is 10. The van der Waals surface area contributed by atoms with Gasteiger partial charge in [0.2, 0.25) is 5.91 Å². The first-order valence-corrected chi connectivity index (χ1v) is 14.4. The number of carbonyl (C=O) groups is 4. The van der Waals surface area contributed by atoms with Crippen LogP contribution in [0.1, 0.15) is 28.4 Å². The molecule has 7 N–H and O–H groups in total. The summed E-state index contributed by atoms with van der Waals surface area (Å²) in [5.41, 5.74) is 1.56. The number of halogens is 6. The van der Waals surface area contributed by atoms with Gasteiger partial charge in [0.25, 0.3) is 5.91 Å². The molecule has 272 valence electrons. The Morgan fingerprint density at radius 1 is 1.10 bits per heavy atom. The monoisotopic (exact) mass is 727 g/mol. The predicted octanol–water partition coefficient (Wildman–Crippen LogP) is 2.75. The van der Waals surface area contributed by atoms with Crippen LogP contribution in [0.25, 0.3) is 16.6 Å². The third-order valence-corrected chi connectivity index (χ3v) is 6.69. The van der Waals surface area contributed by atoms with Crippen LogP contribution in [0.5, 0.6) is 5.75 Å². The molecule has 51 heavy (non-hydrogen) atoms. The molecule has 1 aliphatic rings. The third kappa shape index (κ3) is 10.8. The summed E-state index contributed by atoms with van der Waals surface area (Å²) >= 11 is 0. The van der Waals surface area contributed by atoms with Crippen molar-refractivity contribution in [3.05, 3.63) is 66.1 Å². The van der Waals surface area contributed by atoms with Crippen LogP contribution in [0.15, 0.2) is 60.0 Å². The van der Waals surface area contributed by atoms with Crippen molar-refractivity contribution in [1.29, 1.82) is 0 Å². The number of ether oxygens (including phenoxy) is 1. The summed E-state index contributed by atoms with van der Waals surface area (Å²) in [5, 5.41) is 38.9. The molecule has 0 saturated heterocycles. The highest BCUT2D eigenvalue weighted by molar-refractivity contribution is 6.07. The fourth-order valence-electron chi connectivity index (χ4n) is 4.48. The molecule has 2 atom stereocenters. The van der Waals surface area contributed by atoms with Gasteiger partial charge in [-0.05, 0) is 35.9 Å². The standard InChI is InChI=1S/C27H26F3N9O5.C2HF3O2/c28-16-10-32-27(33-11-16)37-21-6-15(7-22-19(21)12-34-38-22)25(43)31-13-23(40)36-20(9-24(41)42)14-4-17(39-3-1-2-35-39)8-18(5-14)44-26(29)30;3-2(4,5)1(6)7/h1-8,12,16,20,26H,9-11,13H2,(H,31,43)(H,34,38)(H,36,40)(H,41,42)(H2,32,33,37);(H,6,7). The number of H-pyrrole nitrogens is 1. The van der Waals surface area contributed by atoms with Gasteiger partial charge >= 0.3 is 24.7 Å². The van der Waals surface area contributed by atoms with E-state index in [0.717, 1.165) is 0 Å². The number of aliphatic carboxylic acids is 2. The zero-order valence-corrected chi connectivity index (χ0v) is 25.7. The number of alkyl halides is 6. The lowest BCUT2D eigenvalue weighted by Crippen LogP contribution is -2.41. The molecule has 2 unspecified atom stereocenters. The first kappa shape index (κ1) is 37.5. The van der Waals surface area contributed by atoms with E-state index in [-0.39, 0.29) is 30.0 Å². The van der Waals surface area contributed by atoms with Gasteiger partial charge < -0.3 is 36.2 Å². The summed E-state index contributed by atoms with van der Waals surface area (Å²) in [4.78, 5) is 50.5. The van der Waals surface area contributed by atoms with Crippen LogP contribution in [-0.4, -0.2) is 98.5 Å². The van der Waals surface area contributed by atoms with Crippen LogP contribution in [0.2, 0.25) is 0 Å². The van der Waals surface area contributed by atoms with Crippen molar-refractivity contribution >= 4 is 46.3 Å². The minimum absolute atomic E-state index is 0.0177. The second kappa shape index (κ2) is 16.4. The fraction of sp³-hybridized carbons (Fsp3) is 0.276. The molecule has 22 heteroatoms. The molecule has 2 amide bonds. The third-order valence-electron chi connectivity index (χ3n) is 6.69. The molecular formula is C29H27F6N9O7. The quantitative estimate of drug-likeness (QED) is 0.111. The lowest BCUT2D eigenvalue weighted by Gasteiger charge is -2.20. The topological polar surface area (TPSA) is 225 Å². The molecule has 0 radical (unpaired) electrons. The van der Waals surface area contributed by atoms with Crippen LogP contribution in [0, 0.1) is 0 Å². The largest absolute Gasteiger partial charge is 0.490 e. The molecule has 2 aromatic heterocycles. The van der Waals surface area contributed by atoms with E-state index in [2.05, 4.69) is 46.3 Å². The Labute approximate surface area is 281 Å². The van der Waals surface area contributed by atoms with E-state index in [4.69, 9.17) is 9.90 Å². The average molecular weight is 728 g/mol. The van der Waals surface area contributed by atoms with Crippen molar-refractivity contribution < 1.29 is 60.5 Å². The number of carbonyl (C=O) groups excluding carboxylic acids is 2. The van der Waals surface area contributed by atoms with Gasteiger partial charge in [-0.3, -0.25) is 19.5 Å². The van der Waals surface area contributed by atoms with Crippen LogP contribution >= 0.6 is 0 Å². The molecule has 0 saturated carbocycles. The van der Waals surface area contributed by atoms with E-state index in [9.17, 15) is 45.8 Å². The number of amides is 2. The molecular weight excluding hydrogens is 700 g/mol. The lowest BCUT2D eigenvalue weighted by molar-refractivity contribution is -0.192. The number of anilines is 1. The van der Waals surface area contributed by atoms with Crippen molar-refractivity contribution in [2.75, 3.05) is 25.0 Å². The van der Waals surface area contributed by atoms with Crippen LogP contribution in [0.4, 0.5) is 32.0 Å². The molecule has 16 nitrogen and oxygen atoms in total. The highest BCUT2D eigenvalue weighted by atomic mass is 19.4. The first-order valence-electron chi connectivity index (χ1n) is 14.4. The van der Waals surface area contributed by atoms with Crippen LogP contribution in [0.3, 0.4) is 0 Å². The smallest absolute Gasteiger partial charge is 0.481 e. The van der Waals surface area contributed by atoms with E-state index in [1.807, 2.05) is 0 Å². The number of hydrogen-bond donors (Lipinski definition) is 7. The van der Waals surface area contributed by atoms with E-state index in [1.54, 1.807) is 12.3 Å². The molecule has 1 aliphatic heterocycles. The lowest BCUT2D eigenvalue weighted by atomic mass is 10.0. The van der Waals surface area contributed by atoms with E-state index in [1.165, 1.54) is 47.4 Å². The van der Waals surface area contributed by atoms with E-state index < -0.39 is 61.7 Å². The minimum Gasteiger partial charge on any atom is -0.481 e. The van der Waals surface area contributed by atoms with Crippen molar-refractivity contribution in [2.24, 2.45) is 4.99 Å². The highest BCUT2D eigenvalue weighted by Gasteiger charge is 2.38. The van der Waals surface area contributed by atoms with Gasteiger partial charge in [0.1, 0.15) is 11.9 Å². The SMILES string of the molecule is O=C(O)C(F)(F)F.O=C(O)CC(NC(=O)CNC(=O)c1cc(NC2=NCC(F)CN2)c2cn[nH]c2c1)c1cc(OC(F)F)cc(-n2cccn2)c1. The molecule has 3 heterocycles. The maximum atomic E-state index is 13.4. The van der Waals surface area contributed by atoms with Gasteiger partial charge in [-0.2, -0.15) is 32.1 Å². The Kier molecular flexibility index (Phi) is 12.0. The van der Waals surface area contributed by atoms with Crippen molar-refractivity contribution in [3.8, 4) is 11.4 Å². The van der Waals surface area contributed by atoms with E-state index in [0.29, 0.717) is 28.2 Å². The maximum Gasteiger partial charge on any atom is 0.490 e. The number of aromatic nitrogens is 4. The van der Waals surface area contributed by atoms with Gasteiger partial charge in [-0.15, -0.1) is 0 Å². The van der Waals surface area contributed by atoms with Gasteiger partial charge in [0.05, 0.1) is 55.2 Å². The second-order valence-electron chi connectivity index (χ2n) is 10.4. The second-order valence-corrected chi connectivity index (χ2v) is 10.4. The zero-order valence-electron chi connectivity index (χ0n) is 25.7. The zero-order chi connectivity index (χ0) is 37.3. The Morgan fingerprint density at radius 3 is 2.45 bits per heavy atom. The van der Waals surface area contributed by atoms with Crippen molar-refractivity contribution in [1.82, 2.24) is 35.9 Å². The molecule has 0 spiro atoms. The number of nitrogens with zero attached hydrogens (tertiary/aromatic N) is 4. The van der Waals surface area contributed by atoms with Crippen LogP contribution in [-0.2, 0) is 14.4 Å². The number of aromatic amines is 1. The Hall–Kier alpha value is -6.35. The number of guanidine groups is 1. The summed E-state index contributed by atoms with van der Waals surface area (Å²) in [6, 6.07) is 7.42. The van der Waals surface area contributed by atoms with Crippen LogP contribution < -0.4 is 26.0 Å². The summed E-state index contributed by atoms with van der Waals surface area (Å²) in [5.74, 6) is -5.35. The molecule has 2 aromatic carbocycles. The van der Waals surface area contributed by atoms with Gasteiger partial charge in [-0.1, -0.05) is 0 Å². The van der Waals surface area contributed by atoms with Gasteiger partial charge in [-0.25, -0.2) is 18.9 Å². The number of aliphatic imine (C=N–C) groups is 1. The van der Waals surface area contributed by atoms with E-state index >= 15 is 0 Å². The Bertz CT molecular complexity index is 1900. The molecule has 5 rings (SSSR count). The first-order chi connectivity index (χ1) is 24.1. The maximum absolute atomic E-state index is 13.4. The van der Waals surface area contributed by atoms with Gasteiger partial charge in [0, 0.05) is 29.4 Å². The number of benzene rings is 2. The molecule has 0 bridgehead atoms. The summed E-state index contributed by atoms with van der Waals surface area (Å²) in [6.45, 7) is -3.63. The number of carboxylic acid groups (broad SMARTS) is 2.